The van der Waals surface area contributed by atoms with Crippen molar-refractivity contribution in [1.82, 2.24) is 19.6 Å². The van der Waals surface area contributed by atoms with E-state index in [2.05, 4.69) is 15.3 Å². The molecule has 29 heavy (non-hydrogen) atoms. The number of amides is 1. The molecule has 1 heterocycles. The predicted octanol–water partition coefficient (Wildman–Crippen LogP) is 2.07. The highest BCUT2D eigenvalue weighted by Crippen LogP contribution is 2.24. The van der Waals surface area contributed by atoms with E-state index in [9.17, 15) is 13.2 Å². The number of hydrogen-bond acceptors (Lipinski definition) is 6. The molecule has 1 amide bonds. The maximum atomic E-state index is 12.6. The second kappa shape index (κ2) is 9.19. The number of ether oxygens (including phenoxy) is 1. The van der Waals surface area contributed by atoms with Crippen molar-refractivity contribution < 1.29 is 17.9 Å². The fourth-order valence-electron chi connectivity index (χ4n) is 2.70. The van der Waals surface area contributed by atoms with E-state index in [1.807, 2.05) is 6.92 Å². The largest absolute Gasteiger partial charge is 0.493 e. The Morgan fingerprint density at radius 3 is 2.59 bits per heavy atom. The van der Waals surface area contributed by atoms with Gasteiger partial charge in [-0.2, -0.15) is 0 Å². The van der Waals surface area contributed by atoms with Crippen molar-refractivity contribution in [1.29, 1.82) is 5.41 Å². The van der Waals surface area contributed by atoms with Gasteiger partial charge in [0.25, 0.3) is 5.91 Å². The van der Waals surface area contributed by atoms with Crippen molar-refractivity contribution in [2.75, 3.05) is 20.7 Å². The first kappa shape index (κ1) is 22.6. The second-order valence-electron chi connectivity index (χ2n) is 6.61. The summed E-state index contributed by atoms with van der Waals surface area (Å²) in [5.41, 5.74) is 0.978. The number of H-pyrrole nitrogens is 1. The molecule has 0 unspecified atom stereocenters. The van der Waals surface area contributed by atoms with Crippen molar-refractivity contribution in [3.05, 3.63) is 41.0 Å². The fraction of sp³-hybridized carbons (Fsp3) is 0.421. The zero-order chi connectivity index (χ0) is 21.8. The van der Waals surface area contributed by atoms with E-state index in [4.69, 9.17) is 10.1 Å². The number of aryl methyl sites for hydroxylation is 2. The molecule has 0 bridgehead atoms. The van der Waals surface area contributed by atoms with Crippen LogP contribution in [-0.2, 0) is 16.4 Å². The monoisotopic (exact) mass is 421 g/mol. The molecule has 0 aliphatic carbocycles. The molecule has 0 spiro atoms. The minimum absolute atomic E-state index is 0.00105. The van der Waals surface area contributed by atoms with Crippen molar-refractivity contribution >= 4 is 21.8 Å². The van der Waals surface area contributed by atoms with Crippen LogP contribution in [0, 0.1) is 12.3 Å². The Balaban J connectivity index is 2.36. The number of rotatable bonds is 8. The summed E-state index contributed by atoms with van der Waals surface area (Å²) in [6, 6.07) is 4.21. The van der Waals surface area contributed by atoms with Crippen molar-refractivity contribution in [2.45, 2.75) is 38.5 Å². The Labute approximate surface area is 171 Å². The lowest BCUT2D eigenvalue weighted by Crippen LogP contribution is -2.32. The Bertz CT molecular complexity index is 1010. The first-order chi connectivity index (χ1) is 13.6. The van der Waals surface area contributed by atoms with Crippen LogP contribution in [0.4, 0.5) is 0 Å². The standard InChI is InChI=1S/C19H27N5O4S/c1-6-8-16-21-12(3)17(22-16)19(25)23-18(20)14-11-13(29(26,27)24(4)5)9-10-15(14)28-7-2/h9-11H,6-8H2,1-5H3,(H,21,22)(H2,20,23,25). The van der Waals surface area contributed by atoms with Gasteiger partial charge in [0.2, 0.25) is 10.0 Å². The molecule has 1 aromatic carbocycles. The van der Waals surface area contributed by atoms with E-state index in [1.165, 1.54) is 32.3 Å². The number of carbonyl (C=O) groups excluding carboxylic acids is 1. The Kier molecular flexibility index (Phi) is 7.15. The lowest BCUT2D eigenvalue weighted by Gasteiger charge is -2.16. The van der Waals surface area contributed by atoms with Crippen molar-refractivity contribution in [2.24, 2.45) is 0 Å². The highest BCUT2D eigenvalue weighted by atomic mass is 32.2. The normalized spacial score (nSPS) is 11.5. The number of benzene rings is 1. The van der Waals surface area contributed by atoms with E-state index in [-0.39, 0.29) is 22.0 Å². The molecule has 10 heteroatoms. The number of nitrogens with one attached hydrogen (secondary N) is 3. The van der Waals surface area contributed by atoms with Crippen LogP contribution >= 0.6 is 0 Å². The van der Waals surface area contributed by atoms with Gasteiger partial charge in [-0.15, -0.1) is 0 Å². The summed E-state index contributed by atoms with van der Waals surface area (Å²) in [4.78, 5) is 20.0. The molecule has 2 rings (SSSR count). The molecule has 0 aliphatic rings. The summed E-state index contributed by atoms with van der Waals surface area (Å²) in [5.74, 6) is 0.194. The van der Waals surface area contributed by atoms with E-state index in [0.29, 0.717) is 30.3 Å². The molecular formula is C19H27N5O4S. The minimum Gasteiger partial charge on any atom is -0.493 e. The molecule has 2 aromatic rings. The Hall–Kier alpha value is -2.72. The lowest BCUT2D eigenvalue weighted by atomic mass is 10.1. The van der Waals surface area contributed by atoms with Crippen LogP contribution in [0.25, 0.3) is 0 Å². The number of aromatic nitrogens is 2. The quantitative estimate of drug-likeness (QED) is 0.444. The molecule has 0 aliphatic heterocycles. The third kappa shape index (κ3) is 5.01. The minimum atomic E-state index is -3.70. The van der Waals surface area contributed by atoms with Gasteiger partial charge in [0.05, 0.1) is 17.1 Å². The Morgan fingerprint density at radius 2 is 2.00 bits per heavy atom. The third-order valence-electron chi connectivity index (χ3n) is 4.17. The smallest absolute Gasteiger partial charge is 0.277 e. The molecule has 158 valence electrons. The number of imidazole rings is 1. The molecule has 0 fully saturated rings. The summed E-state index contributed by atoms with van der Waals surface area (Å²) in [5, 5.41) is 10.8. The number of aromatic amines is 1. The fourth-order valence-corrected chi connectivity index (χ4v) is 3.62. The molecule has 0 saturated carbocycles. The summed E-state index contributed by atoms with van der Waals surface area (Å²) >= 11 is 0. The molecular weight excluding hydrogens is 394 g/mol. The maximum absolute atomic E-state index is 12.6. The van der Waals surface area contributed by atoms with Gasteiger partial charge >= 0.3 is 0 Å². The van der Waals surface area contributed by atoms with Crippen molar-refractivity contribution in [3.8, 4) is 5.75 Å². The van der Waals surface area contributed by atoms with Crippen LogP contribution in [0.3, 0.4) is 0 Å². The van der Waals surface area contributed by atoms with Gasteiger partial charge in [0.15, 0.2) is 0 Å². The first-order valence-electron chi connectivity index (χ1n) is 9.26. The summed E-state index contributed by atoms with van der Waals surface area (Å²) < 4.78 is 31.5. The van der Waals surface area contributed by atoms with Gasteiger partial charge < -0.3 is 15.0 Å². The van der Waals surface area contributed by atoms with Crippen LogP contribution in [0.5, 0.6) is 5.75 Å². The van der Waals surface area contributed by atoms with Crippen LogP contribution in [0.1, 0.15) is 47.8 Å². The SMILES string of the molecule is CCCc1nc(C(=O)NC(=N)c2cc(S(=O)(=O)N(C)C)ccc2OCC)c(C)[nH]1. The van der Waals surface area contributed by atoms with Gasteiger partial charge in [-0.3, -0.25) is 10.2 Å². The molecule has 0 atom stereocenters. The van der Waals surface area contributed by atoms with Crippen LogP contribution in [-0.4, -0.2) is 55.1 Å². The first-order valence-corrected chi connectivity index (χ1v) is 10.7. The Morgan fingerprint density at radius 1 is 1.31 bits per heavy atom. The highest BCUT2D eigenvalue weighted by molar-refractivity contribution is 7.89. The topological polar surface area (TPSA) is 128 Å². The van der Waals surface area contributed by atoms with E-state index in [0.717, 1.165) is 10.7 Å². The number of hydrogen-bond donors (Lipinski definition) is 3. The average Bonchev–Trinajstić information content (AvgIpc) is 3.02. The molecule has 0 radical (unpaired) electrons. The summed E-state index contributed by atoms with van der Waals surface area (Å²) in [6.45, 7) is 5.85. The van der Waals surface area contributed by atoms with Crippen LogP contribution < -0.4 is 10.1 Å². The zero-order valence-electron chi connectivity index (χ0n) is 17.3. The number of nitrogens with zero attached hydrogens (tertiary/aromatic N) is 2. The van der Waals surface area contributed by atoms with Crippen molar-refractivity contribution in [3.63, 3.8) is 0 Å². The number of carbonyl (C=O) groups is 1. The summed E-state index contributed by atoms with van der Waals surface area (Å²) in [6.07, 6.45) is 1.60. The van der Waals surface area contributed by atoms with Gasteiger partial charge in [0.1, 0.15) is 23.1 Å². The van der Waals surface area contributed by atoms with Gasteiger partial charge in [0, 0.05) is 26.2 Å². The van der Waals surface area contributed by atoms with E-state index >= 15 is 0 Å². The zero-order valence-corrected chi connectivity index (χ0v) is 18.1. The van der Waals surface area contributed by atoms with Gasteiger partial charge in [-0.05, 0) is 38.5 Å². The molecule has 0 saturated heterocycles. The molecule has 1 aromatic heterocycles. The highest BCUT2D eigenvalue weighted by Gasteiger charge is 2.22. The van der Waals surface area contributed by atoms with E-state index < -0.39 is 15.9 Å². The predicted molar refractivity (Wildman–Crippen MR) is 110 cm³/mol. The van der Waals surface area contributed by atoms with E-state index in [1.54, 1.807) is 13.8 Å². The molecule has 3 N–H and O–H groups in total. The van der Waals surface area contributed by atoms with Crippen LogP contribution in [0.2, 0.25) is 0 Å². The maximum Gasteiger partial charge on any atom is 0.277 e. The average molecular weight is 422 g/mol. The second-order valence-corrected chi connectivity index (χ2v) is 8.77. The number of amidine groups is 1. The molecule has 9 nitrogen and oxygen atoms in total. The van der Waals surface area contributed by atoms with Gasteiger partial charge in [-0.25, -0.2) is 17.7 Å². The van der Waals surface area contributed by atoms with Crippen LogP contribution in [0.15, 0.2) is 23.1 Å². The van der Waals surface area contributed by atoms with Gasteiger partial charge in [-0.1, -0.05) is 6.92 Å². The lowest BCUT2D eigenvalue weighted by molar-refractivity contribution is 0.0972. The summed E-state index contributed by atoms with van der Waals surface area (Å²) in [7, 11) is -0.857. The third-order valence-corrected chi connectivity index (χ3v) is 5.98. The number of sulfonamides is 1.